The average molecular weight is 436 g/mol. The van der Waals surface area contributed by atoms with Crippen molar-refractivity contribution in [2.45, 2.75) is 6.18 Å². The molecule has 0 aliphatic rings. The van der Waals surface area contributed by atoms with Crippen molar-refractivity contribution in [2.75, 3.05) is 10.7 Å². The largest absolute Gasteiger partial charge is 0.416 e. The molecule has 0 bridgehead atoms. The Morgan fingerprint density at radius 3 is 2.35 bits per heavy atom. The molecule has 2 aromatic carbocycles. The SMILES string of the molecule is O=C(NNc1ncnc(Nc2cccc(C(F)(F)F)c2)c1[N+](=O)[O-])c1ccc(F)cc1. The fraction of sp³-hybridized carbons (Fsp3) is 0.0556. The Hall–Kier alpha value is -4.29. The molecule has 0 atom stereocenters. The van der Waals surface area contributed by atoms with Crippen LogP contribution >= 0.6 is 0 Å². The van der Waals surface area contributed by atoms with Gasteiger partial charge in [0.2, 0.25) is 11.6 Å². The van der Waals surface area contributed by atoms with E-state index in [4.69, 9.17) is 0 Å². The van der Waals surface area contributed by atoms with Crippen molar-refractivity contribution in [1.82, 2.24) is 15.4 Å². The van der Waals surface area contributed by atoms with Gasteiger partial charge in [-0.1, -0.05) is 6.07 Å². The molecule has 160 valence electrons. The number of anilines is 3. The van der Waals surface area contributed by atoms with Crippen molar-refractivity contribution in [3.05, 3.63) is 81.9 Å². The Morgan fingerprint density at radius 2 is 1.71 bits per heavy atom. The van der Waals surface area contributed by atoms with Gasteiger partial charge in [0.05, 0.1) is 10.5 Å². The van der Waals surface area contributed by atoms with Crippen LogP contribution in [0.1, 0.15) is 15.9 Å². The van der Waals surface area contributed by atoms with Gasteiger partial charge in [-0.15, -0.1) is 0 Å². The van der Waals surface area contributed by atoms with Crippen molar-refractivity contribution in [1.29, 1.82) is 0 Å². The van der Waals surface area contributed by atoms with Crippen molar-refractivity contribution < 1.29 is 27.3 Å². The monoisotopic (exact) mass is 436 g/mol. The number of hydrogen-bond donors (Lipinski definition) is 3. The van der Waals surface area contributed by atoms with E-state index in [1.54, 1.807) is 0 Å². The second-order valence-electron chi connectivity index (χ2n) is 5.97. The highest BCUT2D eigenvalue weighted by atomic mass is 19.4. The van der Waals surface area contributed by atoms with Gasteiger partial charge in [-0.05, 0) is 42.5 Å². The van der Waals surface area contributed by atoms with E-state index in [1.165, 1.54) is 18.2 Å². The number of carbonyl (C=O) groups excluding carboxylic acids is 1. The molecule has 31 heavy (non-hydrogen) atoms. The molecule has 9 nitrogen and oxygen atoms in total. The first-order chi connectivity index (χ1) is 14.6. The number of nitrogens with zero attached hydrogens (tertiary/aromatic N) is 3. The van der Waals surface area contributed by atoms with E-state index < -0.39 is 45.7 Å². The van der Waals surface area contributed by atoms with Crippen molar-refractivity contribution in [3.8, 4) is 0 Å². The van der Waals surface area contributed by atoms with E-state index in [0.29, 0.717) is 0 Å². The summed E-state index contributed by atoms with van der Waals surface area (Å²) in [6.07, 6.45) is -3.69. The summed E-state index contributed by atoms with van der Waals surface area (Å²) in [5.41, 5.74) is 2.71. The van der Waals surface area contributed by atoms with Crippen LogP contribution in [0.4, 0.5) is 40.6 Å². The molecule has 1 heterocycles. The third-order valence-electron chi connectivity index (χ3n) is 3.86. The molecular formula is C18H12F4N6O3. The van der Waals surface area contributed by atoms with E-state index in [0.717, 1.165) is 36.7 Å². The lowest BCUT2D eigenvalue weighted by Crippen LogP contribution is -2.30. The fourth-order valence-electron chi connectivity index (χ4n) is 2.43. The number of alkyl halides is 3. The lowest BCUT2D eigenvalue weighted by molar-refractivity contribution is -0.383. The number of hydrogen-bond acceptors (Lipinski definition) is 7. The zero-order valence-electron chi connectivity index (χ0n) is 15.3. The number of nitrogens with one attached hydrogen (secondary N) is 3. The standard InChI is InChI=1S/C18H12F4N6O3/c19-12-6-4-10(5-7-12)17(29)27-26-16-14(28(30)31)15(23-9-24-16)25-13-3-1-2-11(8-13)18(20,21)22/h1-9H,(H,27,29)(H2,23,24,25,26). The van der Waals surface area contributed by atoms with Gasteiger partial charge in [-0.25, -0.2) is 14.4 Å². The maximum Gasteiger partial charge on any atom is 0.416 e. The molecule has 0 aliphatic carbocycles. The maximum atomic E-state index is 12.9. The van der Waals surface area contributed by atoms with Crippen LogP contribution in [0.3, 0.4) is 0 Å². The minimum atomic E-state index is -4.60. The summed E-state index contributed by atoms with van der Waals surface area (Å²) in [6, 6.07) is 8.50. The van der Waals surface area contributed by atoms with Crippen molar-refractivity contribution in [3.63, 3.8) is 0 Å². The summed E-state index contributed by atoms with van der Waals surface area (Å²) in [4.78, 5) is 30.1. The van der Waals surface area contributed by atoms with Gasteiger partial charge in [-0.2, -0.15) is 13.2 Å². The van der Waals surface area contributed by atoms with E-state index in [-0.39, 0.29) is 11.3 Å². The number of aromatic nitrogens is 2. The lowest BCUT2D eigenvalue weighted by Gasteiger charge is -2.12. The molecule has 0 saturated heterocycles. The van der Waals surface area contributed by atoms with Crippen LogP contribution in [0.25, 0.3) is 0 Å². The first kappa shape index (κ1) is 21.4. The predicted octanol–water partition coefficient (Wildman–Crippen LogP) is 4.04. The molecule has 0 aliphatic heterocycles. The summed E-state index contributed by atoms with van der Waals surface area (Å²) < 4.78 is 51.6. The number of benzene rings is 2. The normalized spacial score (nSPS) is 11.0. The van der Waals surface area contributed by atoms with Crippen LogP contribution in [-0.2, 0) is 6.18 Å². The van der Waals surface area contributed by atoms with E-state index in [9.17, 15) is 32.5 Å². The van der Waals surface area contributed by atoms with E-state index >= 15 is 0 Å². The highest BCUT2D eigenvalue weighted by Gasteiger charge is 2.31. The third-order valence-corrected chi connectivity index (χ3v) is 3.86. The highest BCUT2D eigenvalue weighted by molar-refractivity contribution is 5.95. The van der Waals surface area contributed by atoms with Crippen LogP contribution < -0.4 is 16.2 Å². The zero-order valence-corrected chi connectivity index (χ0v) is 15.3. The molecule has 0 fully saturated rings. The topological polar surface area (TPSA) is 122 Å². The molecule has 13 heteroatoms. The van der Waals surface area contributed by atoms with Crippen LogP contribution in [0.5, 0.6) is 0 Å². The Bertz CT molecular complexity index is 1120. The van der Waals surface area contributed by atoms with Crippen LogP contribution in [0.15, 0.2) is 54.9 Å². The smallest absolute Gasteiger partial charge is 0.334 e. The molecule has 0 spiro atoms. The number of hydrazine groups is 1. The van der Waals surface area contributed by atoms with Crippen molar-refractivity contribution >= 4 is 28.9 Å². The summed E-state index contributed by atoms with van der Waals surface area (Å²) in [5, 5.41) is 14.0. The molecule has 3 N–H and O–H groups in total. The Labute approximate surface area is 171 Å². The van der Waals surface area contributed by atoms with Gasteiger partial charge >= 0.3 is 11.9 Å². The summed E-state index contributed by atoms with van der Waals surface area (Å²) in [7, 11) is 0. The Kier molecular flexibility index (Phi) is 5.95. The summed E-state index contributed by atoms with van der Waals surface area (Å²) in [6.45, 7) is 0. The first-order valence-electron chi connectivity index (χ1n) is 8.41. The van der Waals surface area contributed by atoms with Gasteiger partial charge in [-0.3, -0.25) is 25.8 Å². The maximum absolute atomic E-state index is 12.9. The van der Waals surface area contributed by atoms with Gasteiger partial charge in [0.15, 0.2) is 0 Å². The molecular weight excluding hydrogens is 424 g/mol. The van der Waals surface area contributed by atoms with Gasteiger partial charge < -0.3 is 5.32 Å². The van der Waals surface area contributed by atoms with Crippen LogP contribution in [0.2, 0.25) is 0 Å². The number of carbonyl (C=O) groups is 1. The number of halogens is 4. The Morgan fingerprint density at radius 1 is 1.03 bits per heavy atom. The van der Waals surface area contributed by atoms with Gasteiger partial charge in [0.1, 0.15) is 12.1 Å². The molecule has 3 aromatic rings. The molecule has 1 amide bonds. The molecule has 0 radical (unpaired) electrons. The van der Waals surface area contributed by atoms with E-state index in [2.05, 4.69) is 26.1 Å². The third kappa shape index (κ3) is 5.20. The zero-order chi connectivity index (χ0) is 22.6. The number of rotatable bonds is 6. The van der Waals surface area contributed by atoms with Crippen molar-refractivity contribution in [2.24, 2.45) is 0 Å². The quantitative estimate of drug-likeness (QED) is 0.303. The molecule has 1 aromatic heterocycles. The molecule has 3 rings (SSSR count). The minimum absolute atomic E-state index is 0.0629. The molecule has 0 saturated carbocycles. The molecule has 0 unspecified atom stereocenters. The van der Waals surface area contributed by atoms with Crippen LogP contribution in [0, 0.1) is 15.9 Å². The van der Waals surface area contributed by atoms with Crippen LogP contribution in [-0.4, -0.2) is 20.8 Å². The van der Waals surface area contributed by atoms with Gasteiger partial charge in [0.25, 0.3) is 5.91 Å². The Balaban J connectivity index is 1.84. The first-order valence-corrected chi connectivity index (χ1v) is 8.41. The second-order valence-corrected chi connectivity index (χ2v) is 5.97. The second kappa shape index (κ2) is 8.61. The number of amides is 1. The minimum Gasteiger partial charge on any atom is -0.334 e. The average Bonchev–Trinajstić information content (AvgIpc) is 2.72. The van der Waals surface area contributed by atoms with E-state index in [1.807, 2.05) is 0 Å². The van der Waals surface area contributed by atoms with Gasteiger partial charge in [0, 0.05) is 11.3 Å². The lowest BCUT2D eigenvalue weighted by atomic mass is 10.2. The highest BCUT2D eigenvalue weighted by Crippen LogP contribution is 2.34. The number of nitro groups is 1. The predicted molar refractivity (Wildman–Crippen MR) is 101 cm³/mol. The fourth-order valence-corrected chi connectivity index (χ4v) is 2.43. The summed E-state index contributed by atoms with van der Waals surface area (Å²) >= 11 is 0. The summed E-state index contributed by atoms with van der Waals surface area (Å²) in [5.74, 6) is -2.12.